The summed E-state index contributed by atoms with van der Waals surface area (Å²) in [5, 5.41) is 20.2. The third kappa shape index (κ3) is 13.1. The smallest absolute Gasteiger partial charge is 0.336 e. The number of nitrogens with zero attached hydrogens (tertiary/aromatic N) is 1. The number of carboxylic acids is 1. The second kappa shape index (κ2) is 20.1. The Kier molecular flexibility index (Phi) is 16.6. The monoisotopic (exact) mass is 754 g/mol. The quantitative estimate of drug-likeness (QED) is 0.0718. The van der Waals surface area contributed by atoms with Gasteiger partial charge in [-0.3, -0.25) is 28.8 Å². The van der Waals surface area contributed by atoms with Crippen molar-refractivity contribution in [2.45, 2.75) is 104 Å². The van der Waals surface area contributed by atoms with E-state index < -0.39 is 83.0 Å². The number of allylic oxidation sites excluding steroid dienone is 1. The first-order valence-electron chi connectivity index (χ1n) is 17.8. The molecule has 1 aliphatic rings. The predicted octanol–water partition coefficient (Wildman–Crippen LogP) is 1.59. The summed E-state index contributed by atoms with van der Waals surface area (Å²) in [7, 11) is 0. The zero-order valence-corrected chi connectivity index (χ0v) is 32.0. The maximum absolute atomic E-state index is 14.3. The van der Waals surface area contributed by atoms with Gasteiger partial charge in [0.25, 0.3) is 5.91 Å². The van der Waals surface area contributed by atoms with E-state index in [0.717, 1.165) is 0 Å². The lowest BCUT2D eigenvalue weighted by Crippen LogP contribution is -2.61. The van der Waals surface area contributed by atoms with Crippen LogP contribution in [0.1, 0.15) is 94.9 Å². The molecule has 6 amide bonds. The van der Waals surface area contributed by atoms with Crippen molar-refractivity contribution >= 4 is 47.4 Å². The molecule has 1 aliphatic heterocycles. The van der Waals surface area contributed by atoms with Crippen molar-refractivity contribution in [3.63, 3.8) is 0 Å². The Hall–Kier alpha value is -5.54. The molecule has 0 radical (unpaired) electrons. The Morgan fingerprint density at radius 1 is 0.963 bits per heavy atom. The molecule has 0 spiro atoms. The molecule has 16 nitrogen and oxygen atoms in total. The van der Waals surface area contributed by atoms with Crippen LogP contribution in [0.2, 0.25) is 0 Å². The molecule has 2 rings (SSSR count). The number of aromatic carboxylic acids is 1. The number of carboxylic acid groups (broad SMARTS) is 1. The van der Waals surface area contributed by atoms with Gasteiger partial charge in [0.1, 0.15) is 30.2 Å². The van der Waals surface area contributed by atoms with E-state index in [1.165, 1.54) is 48.2 Å². The van der Waals surface area contributed by atoms with Crippen molar-refractivity contribution in [2.75, 3.05) is 13.2 Å². The molecule has 0 unspecified atom stereocenters. The van der Waals surface area contributed by atoms with Crippen molar-refractivity contribution in [3.8, 4) is 0 Å². The van der Waals surface area contributed by atoms with Crippen molar-refractivity contribution in [1.82, 2.24) is 26.2 Å². The number of ether oxygens (including phenoxy) is 1. The Balaban J connectivity index is 2.40. The Morgan fingerprint density at radius 3 is 2.13 bits per heavy atom. The van der Waals surface area contributed by atoms with Crippen LogP contribution in [0.5, 0.6) is 0 Å². The average Bonchev–Trinajstić information content (AvgIpc) is 3.48. The number of primary amides is 1. The average molecular weight is 755 g/mol. The first-order valence-corrected chi connectivity index (χ1v) is 17.8. The molecule has 296 valence electrons. The Bertz CT molecular complexity index is 1630. The van der Waals surface area contributed by atoms with Crippen LogP contribution in [0.25, 0.3) is 0 Å². The van der Waals surface area contributed by atoms with E-state index in [0.29, 0.717) is 5.57 Å². The third-order valence-corrected chi connectivity index (χ3v) is 8.55. The van der Waals surface area contributed by atoms with Gasteiger partial charge in [-0.15, -0.1) is 0 Å². The first kappa shape index (κ1) is 44.6. The summed E-state index contributed by atoms with van der Waals surface area (Å²) in [5.41, 5.74) is 4.46. The van der Waals surface area contributed by atoms with Crippen molar-refractivity contribution < 1.29 is 48.2 Å². The molecule has 16 heteroatoms. The van der Waals surface area contributed by atoms with Crippen molar-refractivity contribution in [2.24, 2.45) is 17.1 Å². The number of rotatable bonds is 18. The van der Waals surface area contributed by atoms with Gasteiger partial charge in [-0.25, -0.2) is 9.59 Å². The number of benzene rings is 1. The fraction of sp³-hybridized carbons (Fsp3) is 0.526. The molecule has 0 aliphatic carbocycles. The molecule has 1 saturated heterocycles. The SMILES string of the molecule is C=C1C[C@@H](C(=O)N[C@@H](CC(C)C)C(=O)N[C@@H](C)C(N)=O)N(C(=O)[C@@H](NC(=O)[C@H](CC/C=C/C(=O)OCC)NC(=O)c2ccccc2C(=O)O)C(C)(C)C)C1. The van der Waals surface area contributed by atoms with Gasteiger partial charge < -0.3 is 41.7 Å². The van der Waals surface area contributed by atoms with Gasteiger partial charge in [-0.05, 0) is 63.0 Å². The number of hydrogen-bond donors (Lipinski definition) is 6. The van der Waals surface area contributed by atoms with Gasteiger partial charge in [-0.2, -0.15) is 0 Å². The molecule has 1 heterocycles. The van der Waals surface area contributed by atoms with Crippen LogP contribution < -0.4 is 27.0 Å². The molecule has 0 aromatic heterocycles. The van der Waals surface area contributed by atoms with Crippen molar-refractivity contribution in [3.05, 3.63) is 59.7 Å². The first-order chi connectivity index (χ1) is 25.2. The highest BCUT2D eigenvalue weighted by Crippen LogP contribution is 2.28. The molecule has 0 bridgehead atoms. The minimum Gasteiger partial charge on any atom is -0.478 e. The minimum atomic E-state index is -1.35. The third-order valence-electron chi connectivity index (χ3n) is 8.55. The summed E-state index contributed by atoms with van der Waals surface area (Å²) >= 11 is 0. The van der Waals surface area contributed by atoms with E-state index in [1.54, 1.807) is 27.7 Å². The van der Waals surface area contributed by atoms with Gasteiger partial charge >= 0.3 is 11.9 Å². The molecule has 1 aromatic rings. The predicted molar refractivity (Wildman–Crippen MR) is 198 cm³/mol. The Labute approximate surface area is 315 Å². The Morgan fingerprint density at radius 2 is 1.57 bits per heavy atom. The zero-order chi connectivity index (χ0) is 40.9. The maximum atomic E-state index is 14.3. The number of amides is 6. The minimum absolute atomic E-state index is 0.0100. The molecule has 1 fully saturated rings. The largest absolute Gasteiger partial charge is 0.478 e. The van der Waals surface area contributed by atoms with E-state index in [-0.39, 0.29) is 55.9 Å². The van der Waals surface area contributed by atoms with Gasteiger partial charge in [0.05, 0.1) is 17.7 Å². The number of carbonyl (C=O) groups is 8. The molecule has 54 heavy (non-hydrogen) atoms. The summed E-state index contributed by atoms with van der Waals surface area (Å²) < 4.78 is 4.88. The highest BCUT2D eigenvalue weighted by atomic mass is 16.5. The zero-order valence-electron chi connectivity index (χ0n) is 32.0. The summed E-state index contributed by atoms with van der Waals surface area (Å²) in [6.07, 6.45) is 3.02. The molecule has 7 N–H and O–H groups in total. The van der Waals surface area contributed by atoms with E-state index in [9.17, 15) is 43.5 Å². The number of esters is 1. The number of likely N-dealkylation sites (tertiary alicyclic amines) is 1. The number of nitrogens with two attached hydrogens (primary N) is 1. The maximum Gasteiger partial charge on any atom is 0.336 e. The lowest BCUT2D eigenvalue weighted by Gasteiger charge is -2.36. The number of carbonyl (C=O) groups excluding carboxylic acids is 7. The van der Waals surface area contributed by atoms with E-state index in [1.807, 2.05) is 13.8 Å². The van der Waals surface area contributed by atoms with E-state index in [2.05, 4.69) is 27.8 Å². The molecule has 1 aromatic carbocycles. The van der Waals surface area contributed by atoms with E-state index >= 15 is 0 Å². The van der Waals surface area contributed by atoms with Crippen LogP contribution in [0.3, 0.4) is 0 Å². The van der Waals surface area contributed by atoms with Crippen LogP contribution in [-0.4, -0.2) is 101 Å². The second-order valence-corrected chi connectivity index (χ2v) is 14.7. The fourth-order valence-corrected chi connectivity index (χ4v) is 5.68. The summed E-state index contributed by atoms with van der Waals surface area (Å²) in [6.45, 7) is 16.0. The topological polar surface area (TPSA) is 243 Å². The highest BCUT2D eigenvalue weighted by molar-refractivity contribution is 6.06. The van der Waals surface area contributed by atoms with E-state index in [4.69, 9.17) is 10.5 Å². The lowest BCUT2D eigenvalue weighted by atomic mass is 9.85. The summed E-state index contributed by atoms with van der Waals surface area (Å²) in [4.78, 5) is 105. The van der Waals surface area contributed by atoms with Crippen molar-refractivity contribution in [1.29, 1.82) is 0 Å². The van der Waals surface area contributed by atoms with Gasteiger partial charge in [-0.1, -0.05) is 65.0 Å². The van der Waals surface area contributed by atoms with Crippen LogP contribution in [-0.2, 0) is 33.5 Å². The highest BCUT2D eigenvalue weighted by Gasteiger charge is 2.44. The molecule has 5 atom stereocenters. The lowest BCUT2D eigenvalue weighted by molar-refractivity contribution is -0.144. The normalized spacial score (nSPS) is 16.6. The number of nitrogens with one attached hydrogen (secondary N) is 4. The van der Waals surface area contributed by atoms with Crippen LogP contribution in [0, 0.1) is 11.3 Å². The van der Waals surface area contributed by atoms with Crippen LogP contribution in [0.4, 0.5) is 0 Å². The van der Waals surface area contributed by atoms with Gasteiger partial charge in [0, 0.05) is 12.6 Å². The van der Waals surface area contributed by atoms with Gasteiger partial charge in [0.15, 0.2) is 0 Å². The standard InChI is InChI=1S/C38H54N6O10/c1-9-54-29(45)17-13-12-16-26(41-32(47)24-14-10-11-15-25(24)37(52)53)33(48)43-30(38(6,7)8)36(51)44-20-22(4)19-28(44)35(50)42-27(18-21(2)3)34(49)40-23(5)31(39)46/h10-11,13-15,17,21,23,26-28,30H,4,9,12,16,18-20H2,1-3,5-8H3,(H2,39,46)(H,40,49)(H,41,47)(H,42,50)(H,43,48)(H,52,53)/b17-13+/t23-,26-,27-,28-,30+/m0/s1. The summed E-state index contributed by atoms with van der Waals surface area (Å²) in [5.74, 6) is -6.23. The number of hydrogen-bond acceptors (Lipinski definition) is 9. The van der Waals surface area contributed by atoms with Gasteiger partial charge in [0.2, 0.25) is 29.5 Å². The second-order valence-electron chi connectivity index (χ2n) is 14.7. The van der Waals surface area contributed by atoms with Crippen LogP contribution in [0.15, 0.2) is 48.6 Å². The van der Waals surface area contributed by atoms with Crippen LogP contribution >= 0.6 is 0 Å². The fourth-order valence-electron chi connectivity index (χ4n) is 5.68. The molecule has 0 saturated carbocycles. The molecular formula is C38H54N6O10. The molecular weight excluding hydrogens is 700 g/mol. The summed E-state index contributed by atoms with van der Waals surface area (Å²) in [6, 6.07) is -0.175.